The van der Waals surface area contributed by atoms with E-state index in [1.54, 1.807) is 7.11 Å². The van der Waals surface area contributed by atoms with Gasteiger partial charge in [0.25, 0.3) is 0 Å². The Hall–Kier alpha value is -3.08. The van der Waals surface area contributed by atoms with Crippen LogP contribution in [0.25, 0.3) is 22.6 Å². The highest BCUT2D eigenvalue weighted by Gasteiger charge is 2.18. The highest BCUT2D eigenvalue weighted by molar-refractivity contribution is 5.78. The number of ether oxygens (including phenoxy) is 2. The van der Waals surface area contributed by atoms with Gasteiger partial charge in [0, 0.05) is 11.1 Å². The SMILES string of the molecule is COC(=O)Cc1nc(-c2ccccc2)c(-c2ccc(OC)cc2)o1. The molecule has 0 aliphatic heterocycles. The predicted molar refractivity (Wildman–Crippen MR) is 89.6 cm³/mol. The van der Waals surface area contributed by atoms with Crippen molar-refractivity contribution < 1.29 is 18.7 Å². The van der Waals surface area contributed by atoms with Crippen LogP contribution in [-0.4, -0.2) is 25.2 Å². The van der Waals surface area contributed by atoms with E-state index in [4.69, 9.17) is 9.15 Å². The van der Waals surface area contributed by atoms with Gasteiger partial charge in [0.2, 0.25) is 5.89 Å². The molecule has 24 heavy (non-hydrogen) atoms. The van der Waals surface area contributed by atoms with E-state index in [-0.39, 0.29) is 6.42 Å². The Morgan fingerprint density at radius 2 is 1.71 bits per heavy atom. The minimum Gasteiger partial charge on any atom is -0.497 e. The number of methoxy groups -OCH3 is 2. The molecule has 0 bridgehead atoms. The number of hydrogen-bond acceptors (Lipinski definition) is 5. The van der Waals surface area contributed by atoms with E-state index in [0.29, 0.717) is 17.3 Å². The molecule has 0 saturated carbocycles. The Labute approximate surface area is 139 Å². The van der Waals surface area contributed by atoms with Gasteiger partial charge in [-0.15, -0.1) is 0 Å². The highest BCUT2D eigenvalue weighted by Crippen LogP contribution is 2.33. The normalized spacial score (nSPS) is 10.4. The molecule has 0 aliphatic rings. The number of hydrogen-bond donors (Lipinski definition) is 0. The van der Waals surface area contributed by atoms with Crippen molar-refractivity contribution in [1.29, 1.82) is 0 Å². The number of benzene rings is 2. The summed E-state index contributed by atoms with van der Waals surface area (Å²) in [5.74, 6) is 1.31. The predicted octanol–water partition coefficient (Wildman–Crippen LogP) is 3.73. The van der Waals surface area contributed by atoms with Crippen LogP contribution in [0.2, 0.25) is 0 Å². The number of carbonyl (C=O) groups excluding carboxylic acids is 1. The smallest absolute Gasteiger partial charge is 0.314 e. The summed E-state index contributed by atoms with van der Waals surface area (Å²) in [6.45, 7) is 0. The molecular formula is C19H17NO4. The minimum absolute atomic E-state index is 0.00745. The van der Waals surface area contributed by atoms with E-state index in [9.17, 15) is 4.79 Å². The molecule has 0 unspecified atom stereocenters. The summed E-state index contributed by atoms with van der Waals surface area (Å²) in [5, 5.41) is 0. The Morgan fingerprint density at radius 3 is 2.33 bits per heavy atom. The van der Waals surface area contributed by atoms with Crippen LogP contribution in [0.4, 0.5) is 0 Å². The van der Waals surface area contributed by atoms with Crippen molar-refractivity contribution in [2.24, 2.45) is 0 Å². The molecule has 0 aliphatic carbocycles. The molecular weight excluding hydrogens is 306 g/mol. The van der Waals surface area contributed by atoms with Gasteiger partial charge in [0.15, 0.2) is 5.76 Å². The molecule has 0 fully saturated rings. The second kappa shape index (κ2) is 7.00. The number of nitrogens with zero attached hydrogens (tertiary/aromatic N) is 1. The second-order valence-electron chi connectivity index (χ2n) is 5.13. The number of carbonyl (C=O) groups is 1. The highest BCUT2D eigenvalue weighted by atomic mass is 16.5. The third kappa shape index (κ3) is 3.30. The summed E-state index contributed by atoms with van der Waals surface area (Å²) in [5.41, 5.74) is 2.47. The summed E-state index contributed by atoms with van der Waals surface area (Å²) in [4.78, 5) is 16.0. The van der Waals surface area contributed by atoms with Crippen LogP contribution in [0.15, 0.2) is 59.0 Å². The van der Waals surface area contributed by atoms with Crippen LogP contribution in [0.3, 0.4) is 0 Å². The number of aromatic nitrogens is 1. The van der Waals surface area contributed by atoms with Crippen molar-refractivity contribution in [3.63, 3.8) is 0 Å². The number of rotatable bonds is 5. The van der Waals surface area contributed by atoms with Gasteiger partial charge < -0.3 is 13.9 Å². The third-order valence-corrected chi connectivity index (χ3v) is 3.59. The van der Waals surface area contributed by atoms with Crippen molar-refractivity contribution >= 4 is 5.97 Å². The lowest BCUT2D eigenvalue weighted by Crippen LogP contribution is -2.04. The zero-order valence-electron chi connectivity index (χ0n) is 13.5. The van der Waals surface area contributed by atoms with Gasteiger partial charge in [-0.25, -0.2) is 4.98 Å². The molecule has 3 rings (SSSR count). The van der Waals surface area contributed by atoms with Crippen molar-refractivity contribution in [2.45, 2.75) is 6.42 Å². The molecule has 0 amide bonds. The lowest BCUT2D eigenvalue weighted by molar-refractivity contribution is -0.140. The molecule has 2 aromatic carbocycles. The van der Waals surface area contributed by atoms with Gasteiger partial charge in [-0.05, 0) is 24.3 Å². The fourth-order valence-electron chi connectivity index (χ4n) is 2.37. The van der Waals surface area contributed by atoms with Gasteiger partial charge in [-0.3, -0.25) is 4.79 Å². The van der Waals surface area contributed by atoms with Crippen molar-refractivity contribution in [3.05, 3.63) is 60.5 Å². The van der Waals surface area contributed by atoms with Gasteiger partial charge in [0.1, 0.15) is 17.9 Å². The molecule has 3 aromatic rings. The molecule has 0 atom stereocenters. The fraction of sp³-hybridized carbons (Fsp3) is 0.158. The summed E-state index contributed by atoms with van der Waals surface area (Å²) in [7, 11) is 2.96. The standard InChI is InChI=1S/C19H17NO4/c1-22-15-10-8-14(9-11-15)19-18(13-6-4-3-5-7-13)20-16(24-19)12-17(21)23-2/h3-11H,12H2,1-2H3. The molecule has 122 valence electrons. The molecule has 5 nitrogen and oxygen atoms in total. The van der Waals surface area contributed by atoms with Gasteiger partial charge in [-0.1, -0.05) is 30.3 Å². The lowest BCUT2D eigenvalue weighted by atomic mass is 10.1. The maximum absolute atomic E-state index is 11.5. The summed E-state index contributed by atoms with van der Waals surface area (Å²) >= 11 is 0. The zero-order valence-corrected chi connectivity index (χ0v) is 13.5. The van der Waals surface area contributed by atoms with E-state index in [2.05, 4.69) is 9.72 Å². The maximum Gasteiger partial charge on any atom is 0.314 e. The summed E-state index contributed by atoms with van der Waals surface area (Å²) in [6, 6.07) is 17.2. The maximum atomic E-state index is 11.5. The first-order valence-electron chi connectivity index (χ1n) is 7.47. The fourth-order valence-corrected chi connectivity index (χ4v) is 2.37. The Kier molecular flexibility index (Phi) is 4.61. The van der Waals surface area contributed by atoms with E-state index in [1.165, 1.54) is 7.11 Å². The van der Waals surface area contributed by atoms with E-state index in [0.717, 1.165) is 16.9 Å². The van der Waals surface area contributed by atoms with Crippen molar-refractivity contribution in [1.82, 2.24) is 4.98 Å². The Bertz CT molecular complexity index is 822. The number of esters is 1. The molecule has 5 heteroatoms. The first-order valence-corrected chi connectivity index (χ1v) is 7.47. The topological polar surface area (TPSA) is 61.6 Å². The largest absolute Gasteiger partial charge is 0.497 e. The average molecular weight is 323 g/mol. The molecule has 1 heterocycles. The van der Waals surface area contributed by atoms with E-state index in [1.807, 2.05) is 54.6 Å². The second-order valence-corrected chi connectivity index (χ2v) is 5.13. The van der Waals surface area contributed by atoms with Crippen LogP contribution in [0.5, 0.6) is 5.75 Å². The Morgan fingerprint density at radius 1 is 1.00 bits per heavy atom. The summed E-state index contributed by atoms with van der Waals surface area (Å²) in [6.07, 6.45) is -0.00745. The quantitative estimate of drug-likeness (QED) is 0.670. The molecule has 0 N–H and O–H groups in total. The van der Waals surface area contributed by atoms with Crippen LogP contribution in [-0.2, 0) is 16.0 Å². The number of oxazole rings is 1. The van der Waals surface area contributed by atoms with Crippen LogP contribution in [0, 0.1) is 0 Å². The van der Waals surface area contributed by atoms with E-state index >= 15 is 0 Å². The lowest BCUT2D eigenvalue weighted by Gasteiger charge is -2.03. The monoisotopic (exact) mass is 323 g/mol. The Balaban J connectivity index is 2.06. The molecule has 0 spiro atoms. The molecule has 1 aromatic heterocycles. The van der Waals surface area contributed by atoms with E-state index < -0.39 is 5.97 Å². The van der Waals surface area contributed by atoms with Gasteiger partial charge in [0.05, 0.1) is 14.2 Å². The first kappa shape index (κ1) is 15.8. The van der Waals surface area contributed by atoms with Crippen LogP contribution in [0.1, 0.15) is 5.89 Å². The van der Waals surface area contributed by atoms with Crippen molar-refractivity contribution in [3.8, 4) is 28.3 Å². The molecule has 0 saturated heterocycles. The average Bonchev–Trinajstić information content (AvgIpc) is 3.06. The van der Waals surface area contributed by atoms with Gasteiger partial charge >= 0.3 is 5.97 Å². The first-order chi connectivity index (χ1) is 11.7. The van der Waals surface area contributed by atoms with Gasteiger partial charge in [-0.2, -0.15) is 0 Å². The van der Waals surface area contributed by atoms with Crippen LogP contribution < -0.4 is 4.74 Å². The summed E-state index contributed by atoms with van der Waals surface area (Å²) < 4.78 is 15.7. The van der Waals surface area contributed by atoms with Crippen molar-refractivity contribution in [2.75, 3.05) is 14.2 Å². The zero-order chi connectivity index (χ0) is 16.9. The third-order valence-electron chi connectivity index (χ3n) is 3.59. The molecule has 0 radical (unpaired) electrons. The van der Waals surface area contributed by atoms with Crippen LogP contribution >= 0.6 is 0 Å². The minimum atomic E-state index is -0.392.